The van der Waals surface area contributed by atoms with Crippen molar-refractivity contribution in [1.82, 2.24) is 4.98 Å². The van der Waals surface area contributed by atoms with Gasteiger partial charge >= 0.3 is 0 Å². The molecule has 5 nitrogen and oxygen atoms in total. The molecule has 0 aliphatic heterocycles. The van der Waals surface area contributed by atoms with Crippen LogP contribution in [0.2, 0.25) is 0 Å². The summed E-state index contributed by atoms with van der Waals surface area (Å²) in [6.07, 6.45) is -2.27. The molecule has 7 rings (SSSR count). The van der Waals surface area contributed by atoms with Crippen LogP contribution in [0.25, 0.3) is 0 Å². The lowest BCUT2D eigenvalue weighted by atomic mass is 9.12. The number of nitrogens with zero attached hydrogens (tertiary/aromatic N) is 2. The number of benzene rings is 6. The predicted octanol–water partition coefficient (Wildman–Crippen LogP) is 8.60. The Labute approximate surface area is 364 Å². The Kier molecular flexibility index (Phi) is 13.8. The number of rotatable bonds is 9. The molecule has 26 heteroatoms. The standard InChI is InChI=1S/C24BF20.C18H14N2O3/c26-5-1(6(27)14(35)21(42)13(5)34)25(2-7(28)15(36)22(43)16(37)8(2)29,3-9(30)17(38)23(44)18(39)10(3)31)4-11(32)19(40)24(45)20(41)12(4)33;21-15-6-8-16(9-7-15)23-18-13-20(11-10-19-18)12-17(22)14-4-2-1-3-5-14/h;1-11,13H,12H2/q-1;/p+1. The summed E-state index contributed by atoms with van der Waals surface area (Å²) in [7, 11) is 0. The average molecular weight is 986 g/mol. The minimum atomic E-state index is -7.22. The van der Waals surface area contributed by atoms with E-state index in [0.29, 0.717) is 17.2 Å². The van der Waals surface area contributed by atoms with E-state index < -0.39 is 144 Å². The third kappa shape index (κ3) is 8.26. The highest BCUT2D eigenvalue weighted by molar-refractivity contribution is 7.20. The van der Waals surface area contributed by atoms with Crippen LogP contribution in [0.5, 0.6) is 17.4 Å². The smallest absolute Gasteiger partial charge is 0.285 e. The fraction of sp³-hybridized carbons (Fsp3) is 0.0238. The van der Waals surface area contributed by atoms with Crippen LogP contribution in [0.15, 0.2) is 73.2 Å². The Bertz CT molecular complexity index is 2780. The molecule has 0 atom stereocenters. The second kappa shape index (κ2) is 18.9. The molecule has 0 aliphatic carbocycles. The van der Waals surface area contributed by atoms with Crippen molar-refractivity contribution in [3.63, 3.8) is 0 Å². The number of aromatic hydroxyl groups is 1. The third-order valence-corrected chi connectivity index (χ3v) is 9.92. The Morgan fingerprint density at radius 2 is 0.765 bits per heavy atom. The summed E-state index contributed by atoms with van der Waals surface area (Å²) in [6.45, 7) is 0.207. The largest absolute Gasteiger partial charge is 0.508 e. The molecule has 1 N–H and O–H groups in total. The van der Waals surface area contributed by atoms with Crippen LogP contribution in [-0.4, -0.2) is 22.0 Å². The molecule has 0 saturated heterocycles. The number of phenols is 1. The predicted molar refractivity (Wildman–Crippen MR) is 193 cm³/mol. The lowest BCUT2D eigenvalue weighted by Gasteiger charge is -2.44. The number of hydrogen-bond donors (Lipinski definition) is 1. The lowest BCUT2D eigenvalue weighted by Crippen LogP contribution is -2.81. The first-order chi connectivity index (χ1) is 31.9. The fourth-order valence-electron chi connectivity index (χ4n) is 6.95. The highest BCUT2D eigenvalue weighted by atomic mass is 19.2. The maximum absolute atomic E-state index is 15.4. The van der Waals surface area contributed by atoms with Crippen molar-refractivity contribution in [1.29, 1.82) is 0 Å². The van der Waals surface area contributed by atoms with E-state index in [1.165, 1.54) is 12.1 Å². The van der Waals surface area contributed by atoms with E-state index in [1.807, 2.05) is 18.2 Å². The van der Waals surface area contributed by atoms with Gasteiger partial charge in [-0.25, -0.2) is 92.8 Å². The fourth-order valence-corrected chi connectivity index (χ4v) is 6.95. The van der Waals surface area contributed by atoms with Crippen LogP contribution in [0.4, 0.5) is 87.8 Å². The van der Waals surface area contributed by atoms with Gasteiger partial charge in [-0.3, -0.25) is 4.79 Å². The SMILES string of the molecule is Fc1c(F)c(F)c([B-](c2c(F)c(F)c(F)c(F)c2F)(c2c(F)c(F)c(F)c(F)c2F)c2c(F)c(F)c(F)c(F)c2F)c(F)c1F.O=C(C[n+]1ccnc(Oc2ccc(O)cc2)c1)c1ccccc1. The van der Waals surface area contributed by atoms with Gasteiger partial charge in [0.2, 0.25) is 18.5 Å². The quantitative estimate of drug-likeness (QED) is 0.0394. The average Bonchev–Trinajstić information content (AvgIpc) is 3.32. The minimum absolute atomic E-state index is 0.0115. The van der Waals surface area contributed by atoms with Gasteiger partial charge in [-0.05, 0) is 24.3 Å². The van der Waals surface area contributed by atoms with E-state index in [2.05, 4.69) is 4.98 Å². The Morgan fingerprint density at radius 3 is 1.09 bits per heavy atom. The molecule has 1 aromatic heterocycles. The maximum Gasteiger partial charge on any atom is 0.285 e. The molecule has 354 valence electrons. The second-order valence-corrected chi connectivity index (χ2v) is 13.8. The summed E-state index contributed by atoms with van der Waals surface area (Å²) in [6, 6.07) is 15.5. The van der Waals surface area contributed by atoms with Gasteiger partial charge in [-0.1, -0.05) is 30.3 Å². The number of carbonyl (C=O) groups excluding carboxylic acids is 1. The zero-order valence-electron chi connectivity index (χ0n) is 32.4. The van der Waals surface area contributed by atoms with E-state index in [1.54, 1.807) is 47.4 Å². The number of carbonyl (C=O) groups is 1. The van der Waals surface area contributed by atoms with Crippen LogP contribution in [0, 0.1) is 116 Å². The molecule has 0 unspecified atom stereocenters. The van der Waals surface area contributed by atoms with Gasteiger partial charge in [0.1, 0.15) is 64.2 Å². The molecule has 1 heterocycles. The van der Waals surface area contributed by atoms with Crippen LogP contribution in [-0.2, 0) is 6.54 Å². The highest BCUT2D eigenvalue weighted by Gasteiger charge is 2.52. The number of hydrogen-bond acceptors (Lipinski definition) is 4. The summed E-state index contributed by atoms with van der Waals surface area (Å²) < 4.78 is 301. The maximum atomic E-state index is 15.4. The molecule has 0 spiro atoms. The van der Waals surface area contributed by atoms with E-state index in [4.69, 9.17) is 4.74 Å². The molecule has 0 radical (unpaired) electrons. The van der Waals surface area contributed by atoms with Crippen molar-refractivity contribution < 1.29 is 107 Å². The highest BCUT2D eigenvalue weighted by Crippen LogP contribution is 2.31. The molecule has 0 aliphatic rings. The van der Waals surface area contributed by atoms with Crippen molar-refractivity contribution in [3.8, 4) is 17.4 Å². The Morgan fingerprint density at radius 1 is 0.456 bits per heavy atom. The molecule has 0 saturated carbocycles. The van der Waals surface area contributed by atoms with Crippen LogP contribution < -0.4 is 31.2 Å². The van der Waals surface area contributed by atoms with Crippen molar-refractivity contribution in [2.45, 2.75) is 6.54 Å². The van der Waals surface area contributed by atoms with Crippen molar-refractivity contribution in [3.05, 3.63) is 195 Å². The molecular formula is C42H15BF20N2O3. The Hall–Kier alpha value is -7.67. The first-order valence-electron chi connectivity index (χ1n) is 18.0. The first-order valence-corrected chi connectivity index (χ1v) is 18.0. The van der Waals surface area contributed by atoms with Crippen molar-refractivity contribution >= 4 is 33.8 Å². The van der Waals surface area contributed by atoms with E-state index >= 15 is 35.1 Å². The third-order valence-electron chi connectivity index (χ3n) is 9.92. The number of ketones is 1. The van der Waals surface area contributed by atoms with Gasteiger partial charge in [0, 0.05) is 5.56 Å². The van der Waals surface area contributed by atoms with Gasteiger partial charge in [0.25, 0.3) is 5.88 Å². The summed E-state index contributed by atoms with van der Waals surface area (Å²) in [4.78, 5) is 16.3. The summed E-state index contributed by atoms with van der Waals surface area (Å²) >= 11 is 0. The van der Waals surface area contributed by atoms with Crippen LogP contribution in [0.3, 0.4) is 0 Å². The van der Waals surface area contributed by atoms with Gasteiger partial charge in [0.15, 0.2) is 76.0 Å². The number of aromatic nitrogens is 2. The molecule has 68 heavy (non-hydrogen) atoms. The molecule has 0 fully saturated rings. The number of Topliss-reactive ketones (excluding diaryl/α,β-unsaturated/α-hetero) is 1. The van der Waals surface area contributed by atoms with E-state index in [9.17, 15) is 62.6 Å². The topological polar surface area (TPSA) is 63.3 Å². The zero-order chi connectivity index (χ0) is 50.4. The summed E-state index contributed by atoms with van der Waals surface area (Å²) in [5.74, 6) is -70.3. The first kappa shape index (κ1) is 49.8. The van der Waals surface area contributed by atoms with Gasteiger partial charge in [-0.2, -0.15) is 4.57 Å². The van der Waals surface area contributed by atoms with Crippen molar-refractivity contribution in [2.24, 2.45) is 0 Å². The number of halogens is 20. The number of phenolic OH excluding ortho intramolecular Hbond substituents is 1. The molecule has 6 aromatic carbocycles. The Balaban J connectivity index is 0.000000276. The van der Waals surface area contributed by atoms with E-state index in [-0.39, 0.29) is 18.1 Å². The van der Waals surface area contributed by atoms with Crippen LogP contribution >= 0.6 is 0 Å². The monoisotopic (exact) mass is 986 g/mol. The van der Waals surface area contributed by atoms with Crippen molar-refractivity contribution in [2.75, 3.05) is 0 Å². The summed E-state index contributed by atoms with van der Waals surface area (Å²) in [5, 5.41) is 9.26. The molecular weight excluding hydrogens is 971 g/mol. The molecule has 0 amide bonds. The minimum Gasteiger partial charge on any atom is -0.508 e. The van der Waals surface area contributed by atoms with Gasteiger partial charge in [0.05, 0.1) is 6.20 Å². The lowest BCUT2D eigenvalue weighted by molar-refractivity contribution is -0.683. The number of ether oxygens (including phenoxy) is 1. The van der Waals surface area contributed by atoms with E-state index in [0.717, 1.165) is 0 Å². The normalized spacial score (nSPS) is 11.4. The van der Waals surface area contributed by atoms with Gasteiger partial charge in [-0.15, -0.1) is 21.9 Å². The van der Waals surface area contributed by atoms with Crippen LogP contribution in [0.1, 0.15) is 10.4 Å². The van der Waals surface area contributed by atoms with Gasteiger partial charge < -0.3 is 9.84 Å². The second-order valence-electron chi connectivity index (χ2n) is 13.8. The molecule has 0 bridgehead atoms. The zero-order valence-corrected chi connectivity index (χ0v) is 32.4. The summed E-state index contributed by atoms with van der Waals surface area (Å²) in [5.41, 5.74) is -13.7. The molecule has 7 aromatic rings.